The minimum absolute atomic E-state index is 0.221. The van der Waals surface area contributed by atoms with E-state index in [4.69, 9.17) is 0 Å². The Morgan fingerprint density at radius 1 is 1.00 bits per heavy atom. The number of aryl methyl sites for hydroxylation is 1. The minimum atomic E-state index is -4.49. The number of hydrogen-bond donors (Lipinski definition) is 1. The number of hydrogen-bond acceptors (Lipinski definition) is 3. The average Bonchev–Trinajstić information content (AvgIpc) is 2.99. The van der Waals surface area contributed by atoms with Crippen molar-refractivity contribution in [3.8, 4) is 0 Å². The Kier molecular flexibility index (Phi) is 4.24. The second-order valence-corrected chi connectivity index (χ2v) is 5.28. The normalized spacial score (nSPS) is 12.8. The molecule has 1 N–H and O–H groups in total. The molecule has 3 aromatic rings. The molecule has 0 saturated heterocycles. The summed E-state index contributed by atoms with van der Waals surface area (Å²) >= 11 is 0. The molecule has 4 nitrogen and oxygen atoms in total. The Labute approximate surface area is 137 Å². The summed E-state index contributed by atoms with van der Waals surface area (Å²) in [6.07, 6.45) is 0.198. The average molecular weight is 332 g/mol. The first kappa shape index (κ1) is 16.0. The third-order valence-electron chi connectivity index (χ3n) is 3.64. The maximum atomic E-state index is 13.2. The van der Waals surface area contributed by atoms with E-state index >= 15 is 0 Å². The van der Waals surface area contributed by atoms with E-state index in [1.54, 1.807) is 24.0 Å². The molecule has 2 aromatic heterocycles. The molecule has 0 aliphatic rings. The van der Waals surface area contributed by atoms with Gasteiger partial charge in [-0.15, -0.1) is 0 Å². The van der Waals surface area contributed by atoms with Crippen molar-refractivity contribution in [3.63, 3.8) is 0 Å². The SMILES string of the molecule is Cn1ccnc1[C@@H](Nc1ncccc1C(F)(F)F)c1ccccc1. The molecule has 0 unspecified atom stereocenters. The Balaban J connectivity index is 2.05. The smallest absolute Gasteiger partial charge is 0.356 e. The highest BCUT2D eigenvalue weighted by Gasteiger charge is 2.35. The van der Waals surface area contributed by atoms with Gasteiger partial charge in [-0.25, -0.2) is 9.97 Å². The van der Waals surface area contributed by atoms with Crippen molar-refractivity contribution < 1.29 is 13.2 Å². The number of nitrogens with zero attached hydrogens (tertiary/aromatic N) is 3. The van der Waals surface area contributed by atoms with Crippen molar-refractivity contribution in [2.24, 2.45) is 7.05 Å². The molecule has 24 heavy (non-hydrogen) atoms. The topological polar surface area (TPSA) is 42.7 Å². The Bertz CT molecular complexity index is 812. The Hall–Kier alpha value is -2.83. The molecule has 0 bridgehead atoms. The molecule has 0 aliphatic carbocycles. The maximum absolute atomic E-state index is 13.2. The molecule has 1 atom stereocenters. The molecule has 2 heterocycles. The first-order valence-electron chi connectivity index (χ1n) is 7.27. The molecule has 7 heteroatoms. The van der Waals surface area contributed by atoms with Crippen LogP contribution in [0, 0.1) is 0 Å². The highest BCUT2D eigenvalue weighted by atomic mass is 19.4. The summed E-state index contributed by atoms with van der Waals surface area (Å²) in [5.74, 6) is 0.377. The monoisotopic (exact) mass is 332 g/mol. The summed E-state index contributed by atoms with van der Waals surface area (Å²) < 4.78 is 41.4. The second kappa shape index (κ2) is 6.35. The van der Waals surface area contributed by atoms with Crippen molar-refractivity contribution in [3.05, 3.63) is 78.0 Å². The Morgan fingerprint density at radius 2 is 1.75 bits per heavy atom. The van der Waals surface area contributed by atoms with E-state index in [1.807, 2.05) is 30.3 Å². The summed E-state index contributed by atoms with van der Waals surface area (Å²) in [5.41, 5.74) is -0.00859. The first-order valence-corrected chi connectivity index (χ1v) is 7.27. The van der Waals surface area contributed by atoms with E-state index in [9.17, 15) is 13.2 Å². The van der Waals surface area contributed by atoms with Gasteiger partial charge in [-0.3, -0.25) is 0 Å². The number of rotatable bonds is 4. The summed E-state index contributed by atoms with van der Waals surface area (Å²) in [5, 5.41) is 2.90. The summed E-state index contributed by atoms with van der Waals surface area (Å²) in [7, 11) is 1.79. The van der Waals surface area contributed by atoms with E-state index in [-0.39, 0.29) is 5.82 Å². The molecule has 124 valence electrons. The molecule has 0 radical (unpaired) electrons. The zero-order chi connectivity index (χ0) is 17.2. The predicted molar refractivity (Wildman–Crippen MR) is 84.4 cm³/mol. The number of nitrogens with one attached hydrogen (secondary N) is 1. The largest absolute Gasteiger partial charge is 0.419 e. The third kappa shape index (κ3) is 3.24. The standard InChI is InChI=1S/C17H15F3N4/c1-24-11-10-22-16(24)14(12-6-3-2-4-7-12)23-15-13(17(18,19)20)8-5-9-21-15/h2-11,14H,1H3,(H,21,23)/t14-/m0/s1. The van der Waals surface area contributed by atoms with Gasteiger partial charge in [0.2, 0.25) is 0 Å². The van der Waals surface area contributed by atoms with Crippen LogP contribution in [-0.4, -0.2) is 14.5 Å². The predicted octanol–water partition coefficient (Wildman–Crippen LogP) is 4.04. The fraction of sp³-hybridized carbons (Fsp3) is 0.176. The van der Waals surface area contributed by atoms with Gasteiger partial charge in [-0.2, -0.15) is 13.2 Å². The van der Waals surface area contributed by atoms with Gasteiger partial charge in [0.1, 0.15) is 17.7 Å². The quantitative estimate of drug-likeness (QED) is 0.784. The van der Waals surface area contributed by atoms with Gasteiger partial charge in [0.05, 0.1) is 5.56 Å². The van der Waals surface area contributed by atoms with Crippen LogP contribution < -0.4 is 5.32 Å². The summed E-state index contributed by atoms with van der Waals surface area (Å²) in [4.78, 5) is 8.15. The van der Waals surface area contributed by atoms with Crippen LogP contribution in [0.25, 0.3) is 0 Å². The minimum Gasteiger partial charge on any atom is -0.356 e. The zero-order valence-electron chi connectivity index (χ0n) is 12.8. The number of anilines is 1. The highest BCUT2D eigenvalue weighted by molar-refractivity contribution is 5.49. The van der Waals surface area contributed by atoms with Gasteiger partial charge >= 0.3 is 6.18 Å². The van der Waals surface area contributed by atoms with Crippen LogP contribution in [0.1, 0.15) is 23.0 Å². The van der Waals surface area contributed by atoms with E-state index in [1.165, 1.54) is 12.3 Å². The van der Waals surface area contributed by atoms with Crippen LogP contribution in [0.3, 0.4) is 0 Å². The lowest BCUT2D eigenvalue weighted by atomic mass is 10.1. The summed E-state index contributed by atoms with van der Waals surface area (Å²) in [6, 6.07) is 10.9. The van der Waals surface area contributed by atoms with Gasteiger partial charge in [-0.05, 0) is 17.7 Å². The van der Waals surface area contributed by atoms with Crippen molar-refractivity contribution in [1.82, 2.24) is 14.5 Å². The molecule has 0 aliphatic heterocycles. The number of benzene rings is 1. The molecule has 0 amide bonds. The fourth-order valence-corrected chi connectivity index (χ4v) is 2.48. The molecular formula is C17H15F3N4. The number of halogens is 3. The van der Waals surface area contributed by atoms with E-state index in [0.717, 1.165) is 11.6 Å². The van der Waals surface area contributed by atoms with E-state index < -0.39 is 17.8 Å². The van der Waals surface area contributed by atoms with Gasteiger partial charge < -0.3 is 9.88 Å². The van der Waals surface area contributed by atoms with Crippen molar-refractivity contribution in [2.75, 3.05) is 5.32 Å². The lowest BCUT2D eigenvalue weighted by molar-refractivity contribution is -0.137. The fourth-order valence-electron chi connectivity index (χ4n) is 2.48. The highest BCUT2D eigenvalue weighted by Crippen LogP contribution is 2.35. The van der Waals surface area contributed by atoms with Gasteiger partial charge in [0, 0.05) is 25.6 Å². The summed E-state index contributed by atoms with van der Waals surface area (Å²) in [6.45, 7) is 0. The first-order chi connectivity index (χ1) is 11.5. The van der Waals surface area contributed by atoms with Crippen LogP contribution in [0.5, 0.6) is 0 Å². The molecule has 0 fully saturated rings. The molecule has 0 saturated carbocycles. The van der Waals surface area contributed by atoms with Crippen molar-refractivity contribution >= 4 is 5.82 Å². The molecule has 1 aromatic carbocycles. The van der Waals surface area contributed by atoms with Gasteiger partial charge in [0.25, 0.3) is 0 Å². The maximum Gasteiger partial charge on any atom is 0.419 e. The van der Waals surface area contributed by atoms with E-state index in [2.05, 4.69) is 15.3 Å². The second-order valence-electron chi connectivity index (χ2n) is 5.28. The van der Waals surface area contributed by atoms with E-state index in [0.29, 0.717) is 5.82 Å². The lowest BCUT2D eigenvalue weighted by Gasteiger charge is -2.22. The Morgan fingerprint density at radius 3 is 2.38 bits per heavy atom. The third-order valence-corrected chi connectivity index (χ3v) is 3.64. The lowest BCUT2D eigenvalue weighted by Crippen LogP contribution is -2.20. The number of imidazole rings is 1. The number of aromatic nitrogens is 3. The van der Waals surface area contributed by atoms with Gasteiger partial charge in [0.15, 0.2) is 0 Å². The number of alkyl halides is 3. The van der Waals surface area contributed by atoms with Crippen LogP contribution in [0.15, 0.2) is 61.1 Å². The van der Waals surface area contributed by atoms with Crippen LogP contribution >= 0.6 is 0 Å². The van der Waals surface area contributed by atoms with Crippen LogP contribution in [-0.2, 0) is 13.2 Å². The van der Waals surface area contributed by atoms with Crippen molar-refractivity contribution in [1.29, 1.82) is 0 Å². The zero-order valence-corrected chi connectivity index (χ0v) is 12.8. The number of pyridine rings is 1. The molecular weight excluding hydrogens is 317 g/mol. The van der Waals surface area contributed by atoms with Crippen LogP contribution in [0.2, 0.25) is 0 Å². The molecule has 0 spiro atoms. The molecule has 3 rings (SSSR count). The van der Waals surface area contributed by atoms with Crippen molar-refractivity contribution in [2.45, 2.75) is 12.2 Å². The van der Waals surface area contributed by atoms with Crippen LogP contribution in [0.4, 0.5) is 19.0 Å². The van der Waals surface area contributed by atoms with Gasteiger partial charge in [-0.1, -0.05) is 30.3 Å².